The van der Waals surface area contributed by atoms with Crippen LogP contribution in [0.1, 0.15) is 23.2 Å². The second kappa shape index (κ2) is 7.33. The molecule has 2 rings (SSSR count). The van der Waals surface area contributed by atoms with Gasteiger partial charge >= 0.3 is 5.97 Å². The number of nitrogens with two attached hydrogens (primary N) is 1. The fraction of sp³-hybridized carbons (Fsp3) is 0.333. The van der Waals surface area contributed by atoms with Crippen molar-refractivity contribution < 1.29 is 9.53 Å². The minimum absolute atomic E-state index is 0.390. The maximum absolute atomic E-state index is 11.6. The number of imidazole rings is 1. The molecule has 0 saturated carbocycles. The van der Waals surface area contributed by atoms with Gasteiger partial charge < -0.3 is 20.4 Å². The van der Waals surface area contributed by atoms with Crippen LogP contribution in [0.3, 0.4) is 0 Å². The van der Waals surface area contributed by atoms with Gasteiger partial charge in [0.2, 0.25) is 0 Å². The number of para-hydroxylation sites is 1. The van der Waals surface area contributed by atoms with E-state index in [-0.39, 0.29) is 0 Å². The van der Waals surface area contributed by atoms with E-state index in [1.807, 2.05) is 23.2 Å². The summed E-state index contributed by atoms with van der Waals surface area (Å²) in [6, 6.07) is 5.31. The van der Waals surface area contributed by atoms with E-state index in [2.05, 4.69) is 10.3 Å². The van der Waals surface area contributed by atoms with Crippen molar-refractivity contribution in [2.75, 3.05) is 24.7 Å². The van der Waals surface area contributed by atoms with Crippen LogP contribution in [0.25, 0.3) is 0 Å². The summed E-state index contributed by atoms with van der Waals surface area (Å²) < 4.78 is 6.75. The monoisotopic (exact) mass is 288 g/mol. The predicted molar refractivity (Wildman–Crippen MR) is 82.1 cm³/mol. The highest BCUT2D eigenvalue weighted by Gasteiger charge is 2.12. The first-order valence-electron chi connectivity index (χ1n) is 6.89. The summed E-state index contributed by atoms with van der Waals surface area (Å²) >= 11 is 0. The molecule has 2 aromatic rings. The number of hydrogen-bond donors (Lipinski definition) is 2. The Morgan fingerprint density at radius 3 is 3.00 bits per heavy atom. The number of methoxy groups -OCH3 is 1. The lowest BCUT2D eigenvalue weighted by Crippen LogP contribution is -2.10. The van der Waals surface area contributed by atoms with Crippen molar-refractivity contribution in [3.8, 4) is 0 Å². The van der Waals surface area contributed by atoms with Crippen LogP contribution in [-0.4, -0.2) is 29.2 Å². The number of benzene rings is 1. The van der Waals surface area contributed by atoms with Crippen molar-refractivity contribution in [3.05, 3.63) is 42.5 Å². The molecular formula is C15H20N4O2. The summed E-state index contributed by atoms with van der Waals surface area (Å²) in [5, 5.41) is 3.25. The summed E-state index contributed by atoms with van der Waals surface area (Å²) in [5.41, 5.74) is 7.56. The first kappa shape index (κ1) is 14.9. The van der Waals surface area contributed by atoms with Gasteiger partial charge in [-0.3, -0.25) is 0 Å². The maximum Gasteiger partial charge on any atom is 0.340 e. The minimum Gasteiger partial charge on any atom is -0.465 e. The average Bonchev–Trinajstić information content (AvgIpc) is 3.01. The van der Waals surface area contributed by atoms with Gasteiger partial charge in [0.05, 0.1) is 30.4 Å². The Morgan fingerprint density at radius 2 is 2.29 bits per heavy atom. The number of ether oxygens (including phenoxy) is 1. The first-order chi connectivity index (χ1) is 10.2. The smallest absolute Gasteiger partial charge is 0.340 e. The van der Waals surface area contributed by atoms with Gasteiger partial charge in [0.15, 0.2) is 0 Å². The molecule has 0 unspecified atom stereocenters. The Morgan fingerprint density at radius 1 is 1.43 bits per heavy atom. The molecule has 3 N–H and O–H groups in total. The molecule has 0 atom stereocenters. The second-order valence-electron chi connectivity index (χ2n) is 4.69. The molecule has 112 valence electrons. The van der Waals surface area contributed by atoms with Crippen LogP contribution in [0.5, 0.6) is 0 Å². The van der Waals surface area contributed by atoms with Gasteiger partial charge in [-0.1, -0.05) is 6.07 Å². The van der Waals surface area contributed by atoms with Gasteiger partial charge in [0, 0.05) is 25.5 Å². The van der Waals surface area contributed by atoms with Gasteiger partial charge in [-0.2, -0.15) is 0 Å². The van der Waals surface area contributed by atoms with Gasteiger partial charge in [-0.05, 0) is 25.0 Å². The Hall–Kier alpha value is -2.50. The van der Waals surface area contributed by atoms with Crippen LogP contribution in [0.2, 0.25) is 0 Å². The van der Waals surface area contributed by atoms with Crippen molar-refractivity contribution in [1.29, 1.82) is 0 Å². The Balaban J connectivity index is 1.81. The molecule has 6 heteroatoms. The van der Waals surface area contributed by atoms with E-state index in [1.165, 1.54) is 7.11 Å². The third-order valence-electron chi connectivity index (χ3n) is 3.23. The molecule has 0 spiro atoms. The van der Waals surface area contributed by atoms with Crippen LogP contribution >= 0.6 is 0 Å². The van der Waals surface area contributed by atoms with E-state index in [4.69, 9.17) is 10.5 Å². The fourth-order valence-electron chi connectivity index (χ4n) is 2.07. The zero-order valence-corrected chi connectivity index (χ0v) is 12.1. The molecule has 0 saturated heterocycles. The van der Waals surface area contributed by atoms with Crippen molar-refractivity contribution in [2.45, 2.75) is 19.4 Å². The Labute approximate surface area is 123 Å². The summed E-state index contributed by atoms with van der Waals surface area (Å²) in [7, 11) is 1.35. The van der Waals surface area contributed by atoms with Gasteiger partial charge in [0.25, 0.3) is 0 Å². The molecule has 0 radical (unpaired) electrons. The molecule has 21 heavy (non-hydrogen) atoms. The Kier molecular flexibility index (Phi) is 5.20. The standard InChI is InChI=1S/C15H20N4O2/c1-21-15(20)12-5-4-6-13(14(12)16)18-7-2-3-9-19-10-8-17-11-19/h4-6,8,10-11,18H,2-3,7,9,16H2,1H3. The van der Waals surface area contributed by atoms with Gasteiger partial charge in [0.1, 0.15) is 0 Å². The molecule has 0 aliphatic heterocycles. The number of nitrogen functional groups attached to an aromatic ring is 1. The van der Waals surface area contributed by atoms with E-state index in [0.29, 0.717) is 11.3 Å². The first-order valence-corrected chi connectivity index (χ1v) is 6.89. The highest BCUT2D eigenvalue weighted by atomic mass is 16.5. The SMILES string of the molecule is COC(=O)c1cccc(NCCCCn2ccnc2)c1N. The lowest BCUT2D eigenvalue weighted by atomic mass is 10.1. The lowest BCUT2D eigenvalue weighted by Gasteiger charge is -2.12. The quantitative estimate of drug-likeness (QED) is 0.463. The van der Waals surface area contributed by atoms with Crippen LogP contribution in [0.4, 0.5) is 11.4 Å². The maximum atomic E-state index is 11.6. The summed E-state index contributed by atoms with van der Waals surface area (Å²) in [6.45, 7) is 1.74. The molecule has 1 aromatic heterocycles. The van der Waals surface area contributed by atoms with E-state index in [1.54, 1.807) is 18.3 Å². The number of rotatable bonds is 7. The third-order valence-corrected chi connectivity index (χ3v) is 3.23. The number of unbranched alkanes of at least 4 members (excludes halogenated alkanes) is 1. The molecular weight excluding hydrogens is 268 g/mol. The number of carbonyl (C=O) groups is 1. The topological polar surface area (TPSA) is 82.2 Å². The van der Waals surface area contributed by atoms with Crippen molar-refractivity contribution in [2.24, 2.45) is 0 Å². The van der Waals surface area contributed by atoms with E-state index in [9.17, 15) is 4.79 Å². The molecule has 0 aliphatic rings. The number of nitrogens with one attached hydrogen (secondary N) is 1. The second-order valence-corrected chi connectivity index (χ2v) is 4.69. The highest BCUT2D eigenvalue weighted by Crippen LogP contribution is 2.23. The molecule has 0 fully saturated rings. The number of nitrogens with zero attached hydrogens (tertiary/aromatic N) is 2. The highest BCUT2D eigenvalue weighted by molar-refractivity contribution is 5.98. The van der Waals surface area contributed by atoms with Crippen molar-refractivity contribution in [3.63, 3.8) is 0 Å². The van der Waals surface area contributed by atoms with E-state index < -0.39 is 5.97 Å². The summed E-state index contributed by atoms with van der Waals surface area (Å²) in [6.07, 6.45) is 7.58. The number of aromatic nitrogens is 2. The largest absolute Gasteiger partial charge is 0.465 e. The molecule has 1 heterocycles. The van der Waals surface area contributed by atoms with Crippen LogP contribution in [0.15, 0.2) is 36.9 Å². The molecule has 0 amide bonds. The van der Waals surface area contributed by atoms with E-state index >= 15 is 0 Å². The lowest BCUT2D eigenvalue weighted by molar-refractivity contribution is 0.0602. The average molecular weight is 288 g/mol. The normalized spacial score (nSPS) is 10.3. The van der Waals surface area contributed by atoms with Crippen LogP contribution < -0.4 is 11.1 Å². The molecule has 0 aliphatic carbocycles. The Bertz CT molecular complexity index is 581. The van der Waals surface area contributed by atoms with Gasteiger partial charge in [-0.15, -0.1) is 0 Å². The zero-order chi connectivity index (χ0) is 15.1. The molecule has 0 bridgehead atoms. The number of esters is 1. The zero-order valence-electron chi connectivity index (χ0n) is 12.1. The molecule has 6 nitrogen and oxygen atoms in total. The van der Waals surface area contributed by atoms with E-state index in [0.717, 1.165) is 31.6 Å². The summed E-state index contributed by atoms with van der Waals surface area (Å²) in [5.74, 6) is -0.420. The third kappa shape index (κ3) is 3.98. The number of anilines is 2. The van der Waals surface area contributed by atoms with Crippen molar-refractivity contribution in [1.82, 2.24) is 9.55 Å². The molecule has 1 aromatic carbocycles. The summed E-state index contributed by atoms with van der Waals surface area (Å²) in [4.78, 5) is 15.6. The predicted octanol–water partition coefficient (Wildman–Crippen LogP) is 2.14. The van der Waals surface area contributed by atoms with Crippen LogP contribution in [0, 0.1) is 0 Å². The minimum atomic E-state index is -0.420. The van der Waals surface area contributed by atoms with Gasteiger partial charge in [-0.25, -0.2) is 9.78 Å². The number of carbonyl (C=O) groups excluding carboxylic acids is 1. The number of hydrogen-bond acceptors (Lipinski definition) is 5. The van der Waals surface area contributed by atoms with Crippen LogP contribution in [-0.2, 0) is 11.3 Å². The fourth-order valence-corrected chi connectivity index (χ4v) is 2.07. The van der Waals surface area contributed by atoms with Crippen molar-refractivity contribution >= 4 is 17.3 Å². The number of aryl methyl sites for hydroxylation is 1.